The number of fused-ring (bicyclic) bond motifs is 1. The van der Waals surface area contributed by atoms with Crippen LogP contribution in [0.25, 0.3) is 10.6 Å². The first-order valence-electron chi connectivity index (χ1n) is 10.6. The van der Waals surface area contributed by atoms with Crippen LogP contribution in [0.3, 0.4) is 0 Å². The topological polar surface area (TPSA) is 82.0 Å². The summed E-state index contributed by atoms with van der Waals surface area (Å²) in [6.45, 7) is 0.295. The molecular weight excluding hydrogens is 499 g/mol. The van der Waals surface area contributed by atoms with Crippen LogP contribution >= 0.6 is 11.3 Å². The van der Waals surface area contributed by atoms with Gasteiger partial charge < -0.3 is 4.74 Å². The molecule has 0 spiro atoms. The fraction of sp³-hybridized carbons (Fsp3) is 0.208. The Morgan fingerprint density at radius 2 is 1.89 bits per heavy atom. The Kier molecular flexibility index (Phi) is 6.06. The van der Waals surface area contributed by atoms with Gasteiger partial charge in [-0.05, 0) is 48.4 Å². The number of rotatable bonds is 5. The van der Waals surface area contributed by atoms with Gasteiger partial charge in [-0.3, -0.25) is 0 Å². The van der Waals surface area contributed by atoms with Crippen LogP contribution in [0.15, 0.2) is 71.2 Å². The molecule has 11 heteroatoms. The van der Waals surface area contributed by atoms with Gasteiger partial charge in [-0.15, -0.1) is 11.3 Å². The van der Waals surface area contributed by atoms with Crippen LogP contribution < -0.4 is 4.74 Å². The van der Waals surface area contributed by atoms with E-state index in [1.54, 1.807) is 29.8 Å². The number of hydrogen-bond acceptors (Lipinski definition) is 7. The quantitative estimate of drug-likeness (QED) is 0.347. The molecule has 0 radical (unpaired) electrons. The Bertz CT molecular complexity index is 1460. The maximum absolute atomic E-state index is 13.4. The molecule has 1 atom stereocenters. The Morgan fingerprint density at radius 1 is 1.06 bits per heavy atom. The van der Waals surface area contributed by atoms with Gasteiger partial charge in [0.2, 0.25) is 0 Å². The SMILES string of the molecule is O=S(=O)(Cc1cccnn1)c1ccc2c(c1)OCC[C@@H]2c1ccc(C(F)(F)F)cc1-c1nccs1. The molecule has 5 rings (SSSR count). The van der Waals surface area contributed by atoms with E-state index in [9.17, 15) is 21.6 Å². The highest BCUT2D eigenvalue weighted by atomic mass is 32.2. The van der Waals surface area contributed by atoms with E-state index in [0.717, 1.165) is 12.1 Å². The van der Waals surface area contributed by atoms with E-state index in [1.165, 1.54) is 35.7 Å². The van der Waals surface area contributed by atoms with E-state index in [4.69, 9.17) is 4.74 Å². The van der Waals surface area contributed by atoms with Gasteiger partial charge in [0.25, 0.3) is 0 Å². The minimum atomic E-state index is -4.48. The minimum Gasteiger partial charge on any atom is -0.493 e. The van der Waals surface area contributed by atoms with Crippen molar-refractivity contribution in [2.24, 2.45) is 0 Å². The zero-order valence-corrected chi connectivity index (χ0v) is 19.7. The van der Waals surface area contributed by atoms with Crippen LogP contribution in [0, 0.1) is 0 Å². The van der Waals surface area contributed by atoms with Crippen LogP contribution in [-0.4, -0.2) is 30.2 Å². The lowest BCUT2D eigenvalue weighted by Crippen LogP contribution is -2.17. The highest BCUT2D eigenvalue weighted by molar-refractivity contribution is 7.90. The molecule has 0 saturated carbocycles. The summed E-state index contributed by atoms with van der Waals surface area (Å²) in [7, 11) is -3.71. The number of alkyl halides is 3. The lowest BCUT2D eigenvalue weighted by Gasteiger charge is -2.28. The zero-order chi connectivity index (χ0) is 24.6. The fourth-order valence-electron chi connectivity index (χ4n) is 4.15. The van der Waals surface area contributed by atoms with Crippen LogP contribution in [0.4, 0.5) is 13.2 Å². The van der Waals surface area contributed by atoms with Gasteiger partial charge >= 0.3 is 6.18 Å². The first-order chi connectivity index (χ1) is 16.7. The summed E-state index contributed by atoms with van der Waals surface area (Å²) in [5, 5.41) is 9.76. The van der Waals surface area contributed by atoms with E-state index in [-0.39, 0.29) is 16.6 Å². The number of ether oxygens (including phenoxy) is 1. The van der Waals surface area contributed by atoms with Gasteiger partial charge in [-0.2, -0.15) is 23.4 Å². The molecule has 6 nitrogen and oxygen atoms in total. The van der Waals surface area contributed by atoms with E-state index in [1.807, 2.05) is 0 Å². The zero-order valence-electron chi connectivity index (χ0n) is 18.1. The maximum Gasteiger partial charge on any atom is 0.416 e. The van der Waals surface area contributed by atoms with E-state index < -0.39 is 21.6 Å². The van der Waals surface area contributed by atoms with Crippen molar-refractivity contribution >= 4 is 21.2 Å². The normalized spacial score (nSPS) is 15.9. The largest absolute Gasteiger partial charge is 0.493 e. The van der Waals surface area contributed by atoms with Crippen molar-refractivity contribution in [3.8, 4) is 16.3 Å². The van der Waals surface area contributed by atoms with Crippen molar-refractivity contribution < 1.29 is 26.3 Å². The molecule has 0 bridgehead atoms. The highest BCUT2D eigenvalue weighted by Crippen LogP contribution is 2.44. The van der Waals surface area contributed by atoms with Crippen molar-refractivity contribution in [2.45, 2.75) is 29.2 Å². The van der Waals surface area contributed by atoms with Crippen molar-refractivity contribution in [1.82, 2.24) is 15.2 Å². The second-order valence-corrected chi connectivity index (χ2v) is 10.9. The number of thiazole rings is 1. The van der Waals surface area contributed by atoms with Crippen molar-refractivity contribution in [3.05, 3.63) is 88.7 Å². The monoisotopic (exact) mass is 517 g/mol. The number of nitrogens with zero attached hydrogens (tertiary/aromatic N) is 3. The summed E-state index contributed by atoms with van der Waals surface area (Å²) in [6, 6.07) is 11.5. The molecule has 35 heavy (non-hydrogen) atoms. The molecule has 1 aliphatic rings. The molecule has 0 N–H and O–H groups in total. The molecule has 3 heterocycles. The standard InChI is InChI=1S/C24H18F3N3O3S2/c25-24(26,27)15-3-5-18(21(12-15)23-28-9-11-34-23)19-7-10-33-22-13-17(4-6-20(19)22)35(31,32)14-16-2-1-8-29-30-16/h1-6,8-9,11-13,19H,7,10,14H2/t19-/m1/s1. The number of benzene rings is 2. The molecule has 0 fully saturated rings. The average molecular weight is 518 g/mol. The molecule has 0 amide bonds. The highest BCUT2D eigenvalue weighted by Gasteiger charge is 2.33. The number of sulfone groups is 1. The molecule has 1 aliphatic heterocycles. The molecular formula is C24H18F3N3O3S2. The predicted octanol–water partition coefficient (Wildman–Crippen LogP) is 5.51. The minimum absolute atomic E-state index is 0.0788. The van der Waals surface area contributed by atoms with Crippen LogP contribution in [-0.2, 0) is 21.8 Å². The van der Waals surface area contributed by atoms with Crippen LogP contribution in [0.1, 0.15) is 34.7 Å². The fourth-order valence-corrected chi connectivity index (χ4v) is 6.10. The summed E-state index contributed by atoms with van der Waals surface area (Å²) < 4.78 is 72.0. The van der Waals surface area contributed by atoms with Crippen molar-refractivity contribution in [2.75, 3.05) is 6.61 Å². The van der Waals surface area contributed by atoms with E-state index in [0.29, 0.717) is 46.2 Å². The lowest BCUT2D eigenvalue weighted by atomic mass is 9.83. The van der Waals surface area contributed by atoms with E-state index in [2.05, 4.69) is 15.2 Å². The van der Waals surface area contributed by atoms with Crippen molar-refractivity contribution in [1.29, 1.82) is 0 Å². The Morgan fingerprint density at radius 3 is 2.60 bits per heavy atom. The Balaban J connectivity index is 1.54. The average Bonchev–Trinajstić information content (AvgIpc) is 3.38. The first kappa shape index (κ1) is 23.4. The van der Waals surface area contributed by atoms with Gasteiger partial charge in [0.1, 0.15) is 10.8 Å². The van der Waals surface area contributed by atoms with Gasteiger partial charge in [-0.25, -0.2) is 13.4 Å². The summed E-state index contributed by atoms with van der Waals surface area (Å²) in [5.41, 5.74) is 1.39. The third-order valence-electron chi connectivity index (χ3n) is 5.77. The van der Waals surface area contributed by atoms with Crippen LogP contribution in [0.5, 0.6) is 5.75 Å². The molecule has 0 saturated heterocycles. The third kappa shape index (κ3) is 4.78. The lowest BCUT2D eigenvalue weighted by molar-refractivity contribution is -0.137. The summed E-state index contributed by atoms with van der Waals surface area (Å²) in [5.74, 6) is -0.195. The number of halogens is 3. The maximum atomic E-state index is 13.4. The Hall–Kier alpha value is -3.31. The smallest absolute Gasteiger partial charge is 0.416 e. The van der Waals surface area contributed by atoms with Crippen LogP contribution in [0.2, 0.25) is 0 Å². The van der Waals surface area contributed by atoms with Gasteiger partial charge in [0.05, 0.1) is 28.5 Å². The van der Waals surface area contributed by atoms with E-state index >= 15 is 0 Å². The predicted molar refractivity (Wildman–Crippen MR) is 124 cm³/mol. The molecule has 0 aliphatic carbocycles. The molecule has 180 valence electrons. The molecule has 0 unspecified atom stereocenters. The number of aromatic nitrogens is 3. The van der Waals surface area contributed by atoms with Crippen molar-refractivity contribution in [3.63, 3.8) is 0 Å². The molecule has 4 aromatic rings. The summed E-state index contributed by atoms with van der Waals surface area (Å²) >= 11 is 1.26. The van der Waals surface area contributed by atoms with Gasteiger partial charge in [-0.1, -0.05) is 12.1 Å². The molecule has 2 aromatic carbocycles. The number of hydrogen-bond donors (Lipinski definition) is 0. The first-order valence-corrected chi connectivity index (χ1v) is 13.1. The summed E-state index contributed by atoms with van der Waals surface area (Å²) in [4.78, 5) is 4.32. The van der Waals surface area contributed by atoms with Gasteiger partial charge in [0, 0.05) is 34.8 Å². The second kappa shape index (κ2) is 9.04. The third-order valence-corrected chi connectivity index (χ3v) is 8.22. The van der Waals surface area contributed by atoms with Gasteiger partial charge in [0.15, 0.2) is 9.84 Å². The Labute approximate surface area is 203 Å². The second-order valence-electron chi connectivity index (χ2n) is 8.00. The summed E-state index contributed by atoms with van der Waals surface area (Å²) in [6.07, 6.45) is -0.937. The molecule has 2 aromatic heterocycles.